The minimum absolute atomic E-state index is 0.0705. The predicted molar refractivity (Wildman–Crippen MR) is 169 cm³/mol. The number of carbonyl (C=O) groups excluding carboxylic acids is 2. The van der Waals surface area contributed by atoms with Gasteiger partial charge in [0.05, 0.1) is 23.9 Å². The van der Waals surface area contributed by atoms with Gasteiger partial charge in [-0.25, -0.2) is 4.79 Å². The number of hydrogen-bond acceptors (Lipinski definition) is 7. The predicted octanol–water partition coefficient (Wildman–Crippen LogP) is 6.15. The van der Waals surface area contributed by atoms with Gasteiger partial charge < -0.3 is 29.7 Å². The summed E-state index contributed by atoms with van der Waals surface area (Å²) in [5.74, 6) is 0.935. The Hall–Kier alpha value is -1.38. The lowest BCUT2D eigenvalue weighted by molar-refractivity contribution is -0.216. The van der Waals surface area contributed by atoms with Crippen LogP contribution in [0.5, 0.6) is 0 Å². The maximum absolute atomic E-state index is 12.8. The standard InChI is InChI=1S/C37H59NO7/c1-20-18-23(30(33(5,6)42)43-21(2)39)44-28-27(20)34(7)16-17-37-19-36(37)15-14-26(45-31(41)38-22-10-9-11-22)32(3,4)24(36)12-13-25(37)35(34,8)29(28)40/h20,22-30,40,42H,9-19H2,1-8H3,(H,38,41)/t20-,23+,24+,25+,26+,27+,28+,29+,30+,34-,35-,36-,37+/m1/s1. The smallest absolute Gasteiger partial charge is 0.407 e. The van der Waals surface area contributed by atoms with Crippen molar-refractivity contribution in [2.45, 2.75) is 168 Å². The zero-order valence-electron chi connectivity index (χ0n) is 29.0. The minimum Gasteiger partial charge on any atom is -0.457 e. The molecule has 7 rings (SSSR count). The quantitative estimate of drug-likeness (QED) is 0.313. The lowest BCUT2D eigenvalue weighted by Crippen LogP contribution is -2.60. The van der Waals surface area contributed by atoms with Crippen LogP contribution in [-0.4, -0.2) is 64.4 Å². The fraction of sp³-hybridized carbons (Fsp3) is 0.946. The monoisotopic (exact) mass is 629 g/mol. The molecule has 3 N–H and O–H groups in total. The maximum atomic E-state index is 12.8. The molecule has 6 saturated carbocycles. The van der Waals surface area contributed by atoms with Crippen LogP contribution in [-0.2, 0) is 19.0 Å². The molecule has 7 aliphatic rings. The first-order valence-corrected chi connectivity index (χ1v) is 18.1. The van der Waals surface area contributed by atoms with E-state index in [2.05, 4.69) is 39.9 Å². The van der Waals surface area contributed by atoms with E-state index in [1.54, 1.807) is 13.8 Å². The second-order valence-corrected chi connectivity index (χ2v) is 18.4. The van der Waals surface area contributed by atoms with Crippen molar-refractivity contribution in [1.29, 1.82) is 0 Å². The van der Waals surface area contributed by atoms with Gasteiger partial charge in [-0.3, -0.25) is 4.79 Å². The van der Waals surface area contributed by atoms with Crippen molar-refractivity contribution in [3.63, 3.8) is 0 Å². The molecule has 0 aromatic heterocycles. The molecule has 7 fully saturated rings. The van der Waals surface area contributed by atoms with E-state index in [-0.39, 0.29) is 63.3 Å². The molecular weight excluding hydrogens is 570 g/mol. The summed E-state index contributed by atoms with van der Waals surface area (Å²) in [6.07, 6.45) is 9.11. The fourth-order valence-corrected chi connectivity index (χ4v) is 13.5. The average molecular weight is 630 g/mol. The summed E-state index contributed by atoms with van der Waals surface area (Å²) in [7, 11) is 0. The van der Waals surface area contributed by atoms with Crippen LogP contribution in [0.2, 0.25) is 0 Å². The Labute approximate surface area is 270 Å². The highest BCUT2D eigenvalue weighted by atomic mass is 16.6. The van der Waals surface area contributed by atoms with Crippen LogP contribution in [0.25, 0.3) is 0 Å². The summed E-state index contributed by atoms with van der Waals surface area (Å²) in [5.41, 5.74) is -1.27. The van der Waals surface area contributed by atoms with Gasteiger partial charge in [0, 0.05) is 23.8 Å². The van der Waals surface area contributed by atoms with Crippen molar-refractivity contribution < 1.29 is 34.0 Å². The molecule has 1 amide bonds. The highest BCUT2D eigenvalue weighted by Crippen LogP contribution is 2.89. The van der Waals surface area contributed by atoms with E-state index in [0.717, 1.165) is 44.9 Å². The summed E-state index contributed by atoms with van der Waals surface area (Å²) in [6.45, 7) is 16.5. The molecule has 0 bridgehead atoms. The van der Waals surface area contributed by atoms with Crippen LogP contribution in [0.15, 0.2) is 0 Å². The lowest BCUT2D eigenvalue weighted by atomic mass is 9.41. The van der Waals surface area contributed by atoms with Crippen LogP contribution < -0.4 is 5.32 Å². The molecule has 8 nitrogen and oxygen atoms in total. The number of rotatable bonds is 5. The Morgan fingerprint density at radius 3 is 2.27 bits per heavy atom. The highest BCUT2D eigenvalue weighted by molar-refractivity contribution is 5.68. The third-order valence-electron chi connectivity index (χ3n) is 15.8. The summed E-state index contributed by atoms with van der Waals surface area (Å²) >= 11 is 0. The van der Waals surface area contributed by atoms with Gasteiger partial charge in [-0.05, 0) is 124 Å². The number of alkyl carbamates (subject to hydrolysis) is 1. The van der Waals surface area contributed by atoms with E-state index >= 15 is 0 Å². The number of esters is 1. The summed E-state index contributed by atoms with van der Waals surface area (Å²) in [6, 6.07) is 0.279. The summed E-state index contributed by atoms with van der Waals surface area (Å²) in [5, 5.41) is 26.6. The van der Waals surface area contributed by atoms with E-state index in [0.29, 0.717) is 18.3 Å². The van der Waals surface area contributed by atoms with Crippen molar-refractivity contribution in [2.75, 3.05) is 0 Å². The Kier molecular flexibility index (Phi) is 7.20. The third-order valence-corrected chi connectivity index (χ3v) is 15.8. The molecule has 45 heavy (non-hydrogen) atoms. The molecule has 0 radical (unpaired) electrons. The first-order valence-electron chi connectivity index (χ1n) is 18.1. The SMILES string of the molecule is CC(=O)O[C@@H]([C@@H]1C[C@@H](C)[C@H]2[C@H](O1)[C@H](O)[C@@]1(C)[C@@H]3CC[C@H]4C(C)(C)[C@@H](OC(=O)NC5CCC5)CC[C@@]45C[C@@]35CC[C@]21C)C(C)(C)O. The maximum Gasteiger partial charge on any atom is 0.407 e. The molecule has 13 atom stereocenters. The van der Waals surface area contributed by atoms with Crippen molar-refractivity contribution in [3.05, 3.63) is 0 Å². The van der Waals surface area contributed by atoms with Gasteiger partial charge >= 0.3 is 12.1 Å². The number of aliphatic hydroxyl groups excluding tert-OH is 1. The number of nitrogens with one attached hydrogen (secondary N) is 1. The second-order valence-electron chi connectivity index (χ2n) is 18.4. The zero-order chi connectivity index (χ0) is 32.5. The number of aliphatic hydroxyl groups is 2. The van der Waals surface area contributed by atoms with Crippen molar-refractivity contribution >= 4 is 12.1 Å². The molecule has 2 spiro atoms. The van der Waals surface area contributed by atoms with Crippen LogP contribution in [0.4, 0.5) is 4.79 Å². The molecule has 1 saturated heterocycles. The Balaban J connectivity index is 1.14. The molecule has 1 aliphatic heterocycles. The van der Waals surface area contributed by atoms with Gasteiger partial charge in [-0.1, -0.05) is 34.6 Å². The van der Waals surface area contributed by atoms with Gasteiger partial charge in [0.2, 0.25) is 0 Å². The molecule has 0 aromatic carbocycles. The van der Waals surface area contributed by atoms with Crippen LogP contribution >= 0.6 is 0 Å². The van der Waals surface area contributed by atoms with Gasteiger partial charge in [0.1, 0.15) is 6.10 Å². The van der Waals surface area contributed by atoms with E-state index < -0.39 is 29.9 Å². The first-order chi connectivity index (χ1) is 20.9. The average Bonchev–Trinajstić information content (AvgIpc) is 3.55. The molecule has 6 aliphatic carbocycles. The largest absolute Gasteiger partial charge is 0.457 e. The number of ether oxygens (including phenoxy) is 3. The molecule has 1 heterocycles. The zero-order valence-corrected chi connectivity index (χ0v) is 29.0. The second kappa shape index (κ2) is 10.1. The molecule has 0 unspecified atom stereocenters. The number of carbonyl (C=O) groups is 2. The molecular formula is C37H59NO7. The molecule has 254 valence electrons. The van der Waals surface area contributed by atoms with Gasteiger partial charge in [-0.15, -0.1) is 0 Å². The van der Waals surface area contributed by atoms with Crippen molar-refractivity contribution in [2.24, 2.45) is 50.7 Å². The molecule has 0 aromatic rings. The van der Waals surface area contributed by atoms with Crippen LogP contribution in [0.3, 0.4) is 0 Å². The Morgan fingerprint density at radius 1 is 0.978 bits per heavy atom. The van der Waals surface area contributed by atoms with Crippen LogP contribution in [0.1, 0.15) is 126 Å². The van der Waals surface area contributed by atoms with Crippen molar-refractivity contribution in [3.8, 4) is 0 Å². The first kappa shape index (κ1) is 32.2. The fourth-order valence-electron chi connectivity index (χ4n) is 13.5. The lowest BCUT2D eigenvalue weighted by Gasteiger charge is -2.63. The Morgan fingerprint density at radius 2 is 1.64 bits per heavy atom. The highest BCUT2D eigenvalue weighted by Gasteiger charge is 2.84. The van der Waals surface area contributed by atoms with Gasteiger partial charge in [0.25, 0.3) is 0 Å². The van der Waals surface area contributed by atoms with Gasteiger partial charge in [-0.2, -0.15) is 0 Å². The number of amides is 1. The topological polar surface area (TPSA) is 114 Å². The number of hydrogen-bond donors (Lipinski definition) is 3. The summed E-state index contributed by atoms with van der Waals surface area (Å²) < 4.78 is 18.7. The Bertz CT molecular complexity index is 1230. The van der Waals surface area contributed by atoms with Crippen LogP contribution in [0, 0.1) is 50.7 Å². The molecule has 8 heteroatoms. The van der Waals surface area contributed by atoms with Gasteiger partial charge in [0.15, 0.2) is 6.10 Å². The minimum atomic E-state index is -1.26. The third kappa shape index (κ3) is 4.25. The van der Waals surface area contributed by atoms with E-state index in [1.807, 2.05) is 0 Å². The number of fused-ring (bicyclic) bond motifs is 4. The normalized spacial score (nSPS) is 50.4. The van der Waals surface area contributed by atoms with E-state index in [1.165, 1.54) is 26.2 Å². The summed E-state index contributed by atoms with van der Waals surface area (Å²) in [4.78, 5) is 24.9. The van der Waals surface area contributed by atoms with E-state index in [9.17, 15) is 19.8 Å². The van der Waals surface area contributed by atoms with E-state index in [4.69, 9.17) is 14.2 Å². The van der Waals surface area contributed by atoms with Crippen molar-refractivity contribution in [1.82, 2.24) is 5.32 Å².